The number of carbonyl (C=O) groups is 1. The Morgan fingerprint density at radius 3 is 2.79 bits per heavy atom. The summed E-state index contributed by atoms with van der Waals surface area (Å²) in [6.45, 7) is 5.54. The van der Waals surface area contributed by atoms with E-state index in [9.17, 15) is 4.79 Å². The van der Waals surface area contributed by atoms with E-state index >= 15 is 0 Å². The molecule has 4 rings (SSSR count). The summed E-state index contributed by atoms with van der Waals surface area (Å²) in [5.41, 5.74) is 11.4. The molecule has 7 heteroatoms. The van der Waals surface area contributed by atoms with E-state index in [0.29, 0.717) is 25.5 Å². The van der Waals surface area contributed by atoms with Crippen LogP contribution < -0.4 is 5.73 Å². The maximum absolute atomic E-state index is 12.1. The van der Waals surface area contributed by atoms with Crippen LogP contribution in [0.3, 0.4) is 0 Å². The second kappa shape index (κ2) is 7.67. The quantitative estimate of drug-likeness (QED) is 0.676. The van der Waals surface area contributed by atoms with Gasteiger partial charge in [-0.15, -0.1) is 0 Å². The lowest BCUT2D eigenvalue weighted by molar-refractivity contribution is -0.125. The average Bonchev–Trinajstić information content (AvgIpc) is 3.32. The second-order valence-electron chi connectivity index (χ2n) is 7.38. The molecule has 1 aliphatic rings. The van der Waals surface area contributed by atoms with Crippen LogP contribution in [0.2, 0.25) is 0 Å². The van der Waals surface area contributed by atoms with Gasteiger partial charge in [-0.3, -0.25) is 4.79 Å². The van der Waals surface area contributed by atoms with Crippen LogP contribution in [0.5, 0.6) is 0 Å². The van der Waals surface area contributed by atoms with Gasteiger partial charge < -0.3 is 19.9 Å². The van der Waals surface area contributed by atoms with Gasteiger partial charge in [0.25, 0.3) is 0 Å². The summed E-state index contributed by atoms with van der Waals surface area (Å²) < 4.78 is 7.32. The summed E-state index contributed by atoms with van der Waals surface area (Å²) in [4.78, 5) is 22.7. The van der Waals surface area contributed by atoms with Crippen molar-refractivity contribution < 1.29 is 9.53 Å². The molecule has 1 atom stereocenters. The Hall–Kier alpha value is -3.19. The van der Waals surface area contributed by atoms with Crippen molar-refractivity contribution in [3.05, 3.63) is 54.5 Å². The Bertz CT molecular complexity index is 1070. The Morgan fingerprint density at radius 2 is 2.10 bits per heavy atom. The molecule has 2 aromatic heterocycles. The highest BCUT2D eigenvalue weighted by atomic mass is 16.5. The lowest BCUT2D eigenvalue weighted by Crippen LogP contribution is -2.26. The Kier molecular flexibility index (Phi) is 5.07. The molecule has 29 heavy (non-hydrogen) atoms. The summed E-state index contributed by atoms with van der Waals surface area (Å²) in [7, 11) is 3.69. The smallest absolute Gasteiger partial charge is 0.245 e. The first-order chi connectivity index (χ1) is 14.0. The van der Waals surface area contributed by atoms with E-state index in [1.54, 1.807) is 7.11 Å². The van der Waals surface area contributed by atoms with Crippen molar-refractivity contribution in [2.24, 2.45) is 7.05 Å². The molecule has 1 aliphatic heterocycles. The molecule has 0 bridgehead atoms. The van der Waals surface area contributed by atoms with Crippen LogP contribution in [-0.2, 0) is 23.2 Å². The van der Waals surface area contributed by atoms with Crippen LogP contribution in [0.15, 0.2) is 43.2 Å². The highest BCUT2D eigenvalue weighted by Gasteiger charge is 2.32. The SMILES string of the molecule is C=CC(=O)N1CCC(c2c(-c3ccc(COC)cc3)c3c(N)ncnc3n2C)C1. The van der Waals surface area contributed by atoms with Gasteiger partial charge in [-0.05, 0) is 23.6 Å². The number of rotatable bonds is 5. The average molecular weight is 391 g/mol. The number of methoxy groups -OCH3 is 1. The zero-order chi connectivity index (χ0) is 20.5. The molecule has 7 nitrogen and oxygen atoms in total. The third kappa shape index (κ3) is 3.27. The van der Waals surface area contributed by atoms with Crippen LogP contribution in [-0.4, -0.2) is 45.5 Å². The van der Waals surface area contributed by atoms with E-state index in [1.807, 2.05) is 11.9 Å². The molecule has 1 amide bonds. The van der Waals surface area contributed by atoms with Crippen LogP contribution in [0.4, 0.5) is 5.82 Å². The van der Waals surface area contributed by atoms with Gasteiger partial charge in [-0.25, -0.2) is 9.97 Å². The van der Waals surface area contributed by atoms with E-state index in [2.05, 4.69) is 45.4 Å². The third-order valence-electron chi connectivity index (χ3n) is 5.66. The Balaban J connectivity index is 1.87. The normalized spacial score (nSPS) is 16.5. The number of nitrogens with zero attached hydrogens (tertiary/aromatic N) is 4. The van der Waals surface area contributed by atoms with Crippen LogP contribution in [0.25, 0.3) is 22.2 Å². The van der Waals surface area contributed by atoms with Gasteiger partial charge in [0.05, 0.1) is 12.0 Å². The maximum Gasteiger partial charge on any atom is 0.245 e. The first-order valence-corrected chi connectivity index (χ1v) is 9.63. The standard InChI is InChI=1S/C22H25N5O2/c1-4-17(28)27-10-9-16(11-27)20-18(15-7-5-14(6-8-15)12-29-3)19-21(23)24-13-25-22(19)26(20)2/h4-8,13,16H,1,9-12H2,2-3H3,(H2,23,24,25). The van der Waals surface area contributed by atoms with E-state index in [-0.39, 0.29) is 11.8 Å². The van der Waals surface area contributed by atoms with Crippen molar-refractivity contribution in [3.63, 3.8) is 0 Å². The first-order valence-electron chi connectivity index (χ1n) is 9.63. The van der Waals surface area contributed by atoms with E-state index in [4.69, 9.17) is 10.5 Å². The number of hydrogen-bond acceptors (Lipinski definition) is 5. The summed E-state index contributed by atoms with van der Waals surface area (Å²) in [6, 6.07) is 8.29. The Labute approximate surface area is 169 Å². The first kappa shape index (κ1) is 19.1. The number of aromatic nitrogens is 3. The van der Waals surface area contributed by atoms with E-state index in [0.717, 1.165) is 39.8 Å². The summed E-state index contributed by atoms with van der Waals surface area (Å²) in [5, 5.41) is 0.859. The summed E-state index contributed by atoms with van der Waals surface area (Å²) in [5.74, 6) is 0.618. The molecule has 3 heterocycles. The number of fused-ring (bicyclic) bond motifs is 1. The number of aryl methyl sites for hydroxylation is 1. The molecule has 0 spiro atoms. The molecule has 1 aromatic carbocycles. The predicted octanol–water partition coefficient (Wildman–Crippen LogP) is 2.87. The van der Waals surface area contributed by atoms with Gasteiger partial charge >= 0.3 is 0 Å². The molecule has 0 saturated carbocycles. The van der Waals surface area contributed by atoms with Crippen molar-refractivity contribution in [1.82, 2.24) is 19.4 Å². The number of benzene rings is 1. The number of amides is 1. The molecule has 0 aliphatic carbocycles. The van der Waals surface area contributed by atoms with Gasteiger partial charge in [0.2, 0.25) is 5.91 Å². The fourth-order valence-electron chi connectivity index (χ4n) is 4.31. The van der Waals surface area contributed by atoms with Crippen LogP contribution in [0, 0.1) is 0 Å². The number of likely N-dealkylation sites (tertiary alicyclic amines) is 1. The van der Waals surface area contributed by atoms with Crippen LogP contribution >= 0.6 is 0 Å². The fraction of sp³-hybridized carbons (Fsp3) is 0.318. The van der Waals surface area contributed by atoms with Crippen molar-refractivity contribution >= 4 is 22.8 Å². The number of anilines is 1. The molecule has 3 aromatic rings. The molecule has 1 fully saturated rings. The fourth-order valence-corrected chi connectivity index (χ4v) is 4.31. The number of ether oxygens (including phenoxy) is 1. The van der Waals surface area contributed by atoms with Crippen LogP contribution in [0.1, 0.15) is 23.6 Å². The maximum atomic E-state index is 12.1. The van der Waals surface area contributed by atoms with Gasteiger partial charge in [0, 0.05) is 44.4 Å². The lowest BCUT2D eigenvalue weighted by Gasteiger charge is -2.17. The summed E-state index contributed by atoms with van der Waals surface area (Å²) in [6.07, 6.45) is 3.75. The number of nitrogens with two attached hydrogens (primary N) is 1. The molecule has 150 valence electrons. The monoisotopic (exact) mass is 391 g/mol. The molecular formula is C22H25N5O2. The van der Waals surface area contributed by atoms with Crippen molar-refractivity contribution in [2.45, 2.75) is 18.9 Å². The second-order valence-corrected chi connectivity index (χ2v) is 7.38. The minimum atomic E-state index is -0.0314. The predicted molar refractivity (Wildman–Crippen MR) is 113 cm³/mol. The third-order valence-corrected chi connectivity index (χ3v) is 5.66. The van der Waals surface area contributed by atoms with Gasteiger partial charge in [0.15, 0.2) is 0 Å². The summed E-state index contributed by atoms with van der Waals surface area (Å²) >= 11 is 0. The number of carbonyl (C=O) groups excluding carboxylic acids is 1. The largest absolute Gasteiger partial charge is 0.383 e. The zero-order valence-corrected chi connectivity index (χ0v) is 16.8. The Morgan fingerprint density at radius 1 is 1.34 bits per heavy atom. The molecule has 2 N–H and O–H groups in total. The zero-order valence-electron chi connectivity index (χ0n) is 16.8. The van der Waals surface area contributed by atoms with E-state index < -0.39 is 0 Å². The molecule has 1 unspecified atom stereocenters. The van der Waals surface area contributed by atoms with Gasteiger partial charge in [0.1, 0.15) is 17.8 Å². The van der Waals surface area contributed by atoms with Crippen molar-refractivity contribution in [2.75, 3.05) is 25.9 Å². The number of nitrogen functional groups attached to an aromatic ring is 1. The molecule has 1 saturated heterocycles. The molecule has 0 radical (unpaired) electrons. The van der Waals surface area contributed by atoms with Gasteiger partial charge in [-0.1, -0.05) is 30.8 Å². The highest BCUT2D eigenvalue weighted by molar-refractivity contribution is 6.02. The minimum Gasteiger partial charge on any atom is -0.383 e. The topological polar surface area (TPSA) is 86.3 Å². The molecular weight excluding hydrogens is 366 g/mol. The number of hydrogen-bond donors (Lipinski definition) is 1. The highest BCUT2D eigenvalue weighted by Crippen LogP contribution is 2.42. The van der Waals surface area contributed by atoms with E-state index in [1.165, 1.54) is 12.4 Å². The lowest BCUT2D eigenvalue weighted by atomic mass is 9.94. The minimum absolute atomic E-state index is 0.0314. The van der Waals surface area contributed by atoms with Crippen molar-refractivity contribution in [1.29, 1.82) is 0 Å². The van der Waals surface area contributed by atoms with Crippen molar-refractivity contribution in [3.8, 4) is 11.1 Å². The van der Waals surface area contributed by atoms with Gasteiger partial charge in [-0.2, -0.15) is 0 Å².